The maximum atomic E-state index is 13.3. The van der Waals surface area contributed by atoms with E-state index in [9.17, 15) is 24.6 Å². The molecule has 0 radical (unpaired) electrons. The number of hydrogen-bond acceptors (Lipinski definition) is 9. The van der Waals surface area contributed by atoms with Gasteiger partial charge < -0.3 is 29.2 Å². The average molecular weight is 491 g/mol. The van der Waals surface area contributed by atoms with Crippen LogP contribution in [0.1, 0.15) is 64.7 Å². The molecule has 9 nitrogen and oxygen atoms in total. The Labute approximate surface area is 204 Å². The van der Waals surface area contributed by atoms with Gasteiger partial charge in [0.2, 0.25) is 0 Å². The van der Waals surface area contributed by atoms with Crippen molar-refractivity contribution in [3.8, 4) is 0 Å². The summed E-state index contributed by atoms with van der Waals surface area (Å²) < 4.78 is 24.1. The van der Waals surface area contributed by atoms with Crippen LogP contribution in [-0.4, -0.2) is 69.3 Å². The van der Waals surface area contributed by atoms with Crippen molar-refractivity contribution in [2.45, 2.75) is 95.6 Å². The van der Waals surface area contributed by atoms with Crippen LogP contribution in [0.2, 0.25) is 0 Å². The number of carbonyl (C=O) groups is 3. The lowest BCUT2D eigenvalue weighted by atomic mass is 9.47. The van der Waals surface area contributed by atoms with Crippen LogP contribution in [0.25, 0.3) is 0 Å². The van der Waals surface area contributed by atoms with Gasteiger partial charge in [0.15, 0.2) is 6.10 Å². The molecule has 1 heterocycles. The molecule has 2 saturated carbocycles. The highest BCUT2D eigenvalue weighted by Crippen LogP contribution is 2.68. The fourth-order valence-corrected chi connectivity index (χ4v) is 6.91. The third-order valence-corrected chi connectivity index (χ3v) is 8.24. The Morgan fingerprint density at radius 1 is 0.971 bits per heavy atom. The van der Waals surface area contributed by atoms with Gasteiger partial charge in [-0.2, -0.15) is 0 Å². The van der Waals surface area contributed by atoms with Gasteiger partial charge in [-0.25, -0.2) is 4.79 Å². The average Bonchev–Trinajstić information content (AvgIpc) is 2.94. The summed E-state index contributed by atoms with van der Waals surface area (Å²) in [6, 6.07) is 8.33. The molecule has 2 aliphatic carbocycles. The molecule has 192 valence electrons. The van der Waals surface area contributed by atoms with E-state index in [0.29, 0.717) is 0 Å². The van der Waals surface area contributed by atoms with E-state index in [2.05, 4.69) is 0 Å². The first kappa shape index (κ1) is 25.6. The van der Waals surface area contributed by atoms with E-state index < -0.39 is 70.5 Å². The van der Waals surface area contributed by atoms with Crippen LogP contribution < -0.4 is 0 Å². The minimum Gasteiger partial charge on any atom is -0.462 e. The summed E-state index contributed by atoms with van der Waals surface area (Å²) in [4.78, 5) is 37.7. The topological polar surface area (TPSA) is 129 Å². The first-order valence-corrected chi connectivity index (χ1v) is 11.9. The van der Waals surface area contributed by atoms with Gasteiger partial charge in [0.1, 0.15) is 17.8 Å². The largest absolute Gasteiger partial charge is 0.462 e. The van der Waals surface area contributed by atoms with Crippen LogP contribution in [0.5, 0.6) is 0 Å². The van der Waals surface area contributed by atoms with Gasteiger partial charge in [-0.05, 0) is 52.7 Å². The van der Waals surface area contributed by atoms with Crippen molar-refractivity contribution in [1.82, 2.24) is 0 Å². The number of hydrogen-bond donors (Lipinski definition) is 2. The minimum absolute atomic E-state index is 0.165. The molecule has 9 heteroatoms. The Kier molecular flexibility index (Phi) is 6.06. The first-order chi connectivity index (χ1) is 16.2. The van der Waals surface area contributed by atoms with E-state index in [1.807, 2.05) is 0 Å². The molecule has 1 spiro atoms. The summed E-state index contributed by atoms with van der Waals surface area (Å²) in [6.45, 7) is 9.20. The summed E-state index contributed by atoms with van der Waals surface area (Å²) in [5, 5.41) is 23.5. The summed E-state index contributed by atoms with van der Waals surface area (Å²) in [6.07, 6.45) is -4.16. The molecule has 2 N–H and O–H groups in total. The predicted octanol–water partition coefficient (Wildman–Crippen LogP) is 2.16. The molecule has 3 aliphatic rings. The van der Waals surface area contributed by atoms with E-state index in [1.54, 1.807) is 58.0 Å². The summed E-state index contributed by atoms with van der Waals surface area (Å²) >= 11 is 0. The Balaban J connectivity index is 1.95. The van der Waals surface area contributed by atoms with Crippen molar-refractivity contribution in [3.63, 3.8) is 0 Å². The van der Waals surface area contributed by atoms with Gasteiger partial charge in [-0.15, -0.1) is 0 Å². The van der Waals surface area contributed by atoms with Crippen LogP contribution in [0.15, 0.2) is 30.3 Å². The van der Waals surface area contributed by atoms with Crippen LogP contribution in [0, 0.1) is 11.3 Å². The highest BCUT2D eigenvalue weighted by Gasteiger charge is 2.84. The van der Waals surface area contributed by atoms with Crippen molar-refractivity contribution >= 4 is 17.9 Å². The van der Waals surface area contributed by atoms with Gasteiger partial charge in [0, 0.05) is 13.8 Å². The molecule has 1 aromatic carbocycles. The maximum Gasteiger partial charge on any atom is 0.338 e. The molecule has 2 bridgehead atoms. The van der Waals surface area contributed by atoms with Crippen LogP contribution in [-0.2, 0) is 28.5 Å². The smallest absolute Gasteiger partial charge is 0.338 e. The predicted molar refractivity (Wildman–Crippen MR) is 122 cm³/mol. The number of rotatable bonds is 4. The van der Waals surface area contributed by atoms with E-state index >= 15 is 0 Å². The Hall–Kier alpha value is -2.49. The normalized spacial score (nSPS) is 41.4. The van der Waals surface area contributed by atoms with Gasteiger partial charge in [0.25, 0.3) is 0 Å². The Morgan fingerprint density at radius 3 is 2.14 bits per heavy atom. The summed E-state index contributed by atoms with van der Waals surface area (Å²) in [5.41, 5.74) is -5.56. The zero-order chi connectivity index (χ0) is 26.0. The molecule has 1 saturated heterocycles. The zero-order valence-corrected chi connectivity index (χ0v) is 20.9. The number of ether oxygens (including phenoxy) is 4. The quantitative estimate of drug-likeness (QED) is 0.482. The molecule has 3 fully saturated rings. The van der Waals surface area contributed by atoms with E-state index in [1.165, 1.54) is 13.8 Å². The number of fused-ring (bicyclic) bond motifs is 1. The second kappa shape index (κ2) is 8.28. The monoisotopic (exact) mass is 490 g/mol. The Morgan fingerprint density at radius 2 is 1.57 bits per heavy atom. The summed E-state index contributed by atoms with van der Waals surface area (Å²) in [5.74, 6) is -2.72. The minimum atomic E-state index is -1.69. The highest BCUT2D eigenvalue weighted by molar-refractivity contribution is 5.89. The summed E-state index contributed by atoms with van der Waals surface area (Å²) in [7, 11) is 0. The molecule has 0 aromatic heterocycles. The van der Waals surface area contributed by atoms with E-state index in [4.69, 9.17) is 18.9 Å². The number of aliphatic hydroxyl groups is 2. The second-order valence-electron chi connectivity index (χ2n) is 10.9. The first-order valence-electron chi connectivity index (χ1n) is 11.9. The lowest BCUT2D eigenvalue weighted by molar-refractivity contribution is -0.335. The molecular weight excluding hydrogens is 456 g/mol. The van der Waals surface area contributed by atoms with Crippen LogP contribution in [0.3, 0.4) is 0 Å². The lowest BCUT2D eigenvalue weighted by Gasteiger charge is -2.64. The molecule has 1 aromatic rings. The van der Waals surface area contributed by atoms with Crippen molar-refractivity contribution in [2.75, 3.05) is 0 Å². The molecule has 0 unspecified atom stereocenters. The van der Waals surface area contributed by atoms with E-state index in [0.717, 1.165) is 0 Å². The maximum absolute atomic E-state index is 13.3. The van der Waals surface area contributed by atoms with E-state index in [-0.39, 0.29) is 18.4 Å². The molecule has 8 atom stereocenters. The number of benzene rings is 1. The van der Waals surface area contributed by atoms with Crippen LogP contribution >= 0.6 is 0 Å². The molecule has 4 rings (SSSR count). The zero-order valence-electron chi connectivity index (χ0n) is 20.9. The van der Waals surface area contributed by atoms with Crippen molar-refractivity contribution < 1.29 is 43.5 Å². The van der Waals surface area contributed by atoms with Crippen molar-refractivity contribution in [1.29, 1.82) is 0 Å². The number of esters is 3. The fraction of sp³-hybridized carbons (Fsp3) is 0.654. The SMILES string of the molecule is CC(=O)O[C@H]1[C@H]2[C@@H](O)[C@@]3(OC2(C)C)[C@@](C)([C@@H](OC(C)=O)CC[C@]3(C)O)[C@H]1OC(=O)c1ccccc1. The van der Waals surface area contributed by atoms with Crippen molar-refractivity contribution in [2.24, 2.45) is 11.3 Å². The van der Waals surface area contributed by atoms with Gasteiger partial charge in [-0.3, -0.25) is 9.59 Å². The molecular formula is C26H34O9. The Bertz CT molecular complexity index is 1020. The van der Waals surface area contributed by atoms with Crippen LogP contribution in [0.4, 0.5) is 0 Å². The third kappa shape index (κ3) is 3.58. The molecule has 1 aliphatic heterocycles. The second-order valence-corrected chi connectivity index (χ2v) is 10.9. The third-order valence-electron chi connectivity index (χ3n) is 8.24. The van der Waals surface area contributed by atoms with Crippen molar-refractivity contribution in [3.05, 3.63) is 35.9 Å². The van der Waals surface area contributed by atoms with Gasteiger partial charge in [0.05, 0.1) is 34.2 Å². The standard InChI is InChI=1S/C26H34O9/c1-14(27)32-17-12-13-24(5,31)26-20(29)18(23(3,4)35-26)19(33-15(2)28)21(25(17,26)6)34-22(30)16-10-8-7-9-11-16/h7-11,17-21,29,31H,12-13H2,1-6H3/t17-,18-,19-,20+,21-,24-,25-,26-/m0/s1. The highest BCUT2D eigenvalue weighted by atomic mass is 16.6. The lowest BCUT2D eigenvalue weighted by Crippen LogP contribution is -2.81. The molecule has 35 heavy (non-hydrogen) atoms. The number of carbonyl (C=O) groups excluding carboxylic acids is 3. The van der Waals surface area contributed by atoms with Gasteiger partial charge in [-0.1, -0.05) is 18.2 Å². The fourth-order valence-electron chi connectivity index (χ4n) is 6.91. The van der Waals surface area contributed by atoms with Gasteiger partial charge >= 0.3 is 17.9 Å². The molecule has 0 amide bonds. The number of aliphatic hydroxyl groups excluding tert-OH is 1.